The van der Waals surface area contributed by atoms with E-state index in [4.69, 9.17) is 9.47 Å². The number of carbonyl (C=O) groups excluding carboxylic acids is 1. The number of nitrogens with zero attached hydrogens (tertiary/aromatic N) is 1. The Morgan fingerprint density at radius 1 is 1.37 bits per heavy atom. The van der Waals surface area contributed by atoms with Crippen LogP contribution in [0, 0.1) is 17.2 Å². The molecule has 1 aromatic carbocycles. The molecule has 3 atom stereocenters. The van der Waals surface area contributed by atoms with Crippen LogP contribution in [0.3, 0.4) is 0 Å². The van der Waals surface area contributed by atoms with Crippen LogP contribution in [0.25, 0.3) is 0 Å². The van der Waals surface area contributed by atoms with Crippen molar-refractivity contribution in [2.24, 2.45) is 5.92 Å². The molecule has 2 N–H and O–H groups in total. The Morgan fingerprint density at radius 3 is 2.52 bits per heavy atom. The van der Waals surface area contributed by atoms with E-state index >= 15 is 0 Å². The summed E-state index contributed by atoms with van der Waals surface area (Å²) in [6, 6.07) is 6.02. The van der Waals surface area contributed by atoms with Gasteiger partial charge in [0.05, 0.1) is 17.7 Å². The Hall–Kier alpha value is -2.10. The molecule has 0 saturated heterocycles. The van der Waals surface area contributed by atoms with Crippen molar-refractivity contribution < 1.29 is 19.4 Å². The van der Waals surface area contributed by atoms with Crippen molar-refractivity contribution in [2.75, 3.05) is 0 Å². The molecule has 0 saturated carbocycles. The quantitative estimate of drug-likeness (QED) is 0.787. The van der Waals surface area contributed by atoms with Crippen LogP contribution in [-0.2, 0) is 9.53 Å². The van der Waals surface area contributed by atoms with E-state index in [0.717, 1.165) is 0 Å². The van der Waals surface area contributed by atoms with Gasteiger partial charge in [-0.15, -0.1) is 0 Å². The molecule has 2 rings (SSSR count). The van der Waals surface area contributed by atoms with Crippen molar-refractivity contribution in [3.05, 3.63) is 29.3 Å². The molecule has 1 aliphatic rings. The average Bonchev–Trinajstić information content (AvgIpc) is 2.52. The average molecular weight is 374 g/mol. The molecule has 6 heteroatoms. The van der Waals surface area contributed by atoms with E-state index < -0.39 is 29.4 Å². The molecule has 1 aromatic rings. The van der Waals surface area contributed by atoms with E-state index in [1.54, 1.807) is 32.0 Å². The van der Waals surface area contributed by atoms with Gasteiger partial charge >= 0.3 is 5.97 Å². The fraction of sp³-hybridized carbons (Fsp3) is 0.619. The van der Waals surface area contributed by atoms with Gasteiger partial charge in [-0.25, -0.2) is 0 Å². The summed E-state index contributed by atoms with van der Waals surface area (Å²) in [6.07, 6.45) is -0.914. The van der Waals surface area contributed by atoms with Gasteiger partial charge in [-0.1, -0.05) is 13.8 Å². The number of aliphatic hydroxyl groups excluding tert-OH is 1. The Bertz CT molecular complexity index is 744. The predicted molar refractivity (Wildman–Crippen MR) is 102 cm³/mol. The Labute approximate surface area is 161 Å². The van der Waals surface area contributed by atoms with Gasteiger partial charge in [0.25, 0.3) is 0 Å². The summed E-state index contributed by atoms with van der Waals surface area (Å²) in [5.41, 5.74) is -0.330. The van der Waals surface area contributed by atoms with Gasteiger partial charge in [0.2, 0.25) is 0 Å². The lowest BCUT2D eigenvalue weighted by molar-refractivity contribution is -0.160. The summed E-state index contributed by atoms with van der Waals surface area (Å²) in [5, 5.41) is 23.4. The second-order valence-corrected chi connectivity index (χ2v) is 8.91. The molecule has 0 fully saturated rings. The van der Waals surface area contributed by atoms with E-state index in [-0.39, 0.29) is 11.9 Å². The Kier molecular flexibility index (Phi) is 5.88. The number of hydrogen-bond donors (Lipinski definition) is 2. The van der Waals surface area contributed by atoms with E-state index in [9.17, 15) is 15.2 Å². The van der Waals surface area contributed by atoms with Gasteiger partial charge in [-0.3, -0.25) is 10.1 Å². The number of esters is 1. The summed E-state index contributed by atoms with van der Waals surface area (Å²) >= 11 is 0. The molecule has 0 bridgehead atoms. The zero-order chi connectivity index (χ0) is 20.6. The Balaban J connectivity index is 2.42. The third kappa shape index (κ3) is 4.79. The highest BCUT2D eigenvalue weighted by Gasteiger charge is 2.45. The van der Waals surface area contributed by atoms with Crippen molar-refractivity contribution in [1.29, 1.82) is 5.26 Å². The van der Waals surface area contributed by atoms with Gasteiger partial charge in [0.15, 0.2) is 0 Å². The van der Waals surface area contributed by atoms with Crippen molar-refractivity contribution in [1.82, 2.24) is 5.32 Å². The maximum Gasteiger partial charge on any atom is 0.323 e. The molecule has 148 valence electrons. The van der Waals surface area contributed by atoms with Crippen molar-refractivity contribution >= 4 is 5.97 Å². The lowest BCUT2D eigenvalue weighted by Gasteiger charge is -2.44. The SMILES string of the molecule is CC(C)[C@H](N[C@H]1c2cc(C#N)ccc2OC(C)(C)[C@@H]1O)C(=O)OC(C)(C)C. The lowest BCUT2D eigenvalue weighted by atomic mass is 9.85. The number of fused-ring (bicyclic) bond motifs is 1. The van der Waals surface area contributed by atoms with Crippen LogP contribution in [0.2, 0.25) is 0 Å². The second-order valence-electron chi connectivity index (χ2n) is 8.91. The molecule has 6 nitrogen and oxygen atoms in total. The molecule has 0 radical (unpaired) electrons. The van der Waals surface area contributed by atoms with E-state index in [1.807, 2.05) is 34.6 Å². The summed E-state index contributed by atoms with van der Waals surface area (Å²) in [7, 11) is 0. The smallest absolute Gasteiger partial charge is 0.323 e. The van der Waals surface area contributed by atoms with E-state index in [1.165, 1.54) is 0 Å². The monoisotopic (exact) mass is 374 g/mol. The first-order valence-corrected chi connectivity index (χ1v) is 9.26. The number of rotatable bonds is 4. The van der Waals surface area contributed by atoms with Gasteiger partial charge < -0.3 is 14.6 Å². The van der Waals surface area contributed by atoms with Crippen LogP contribution >= 0.6 is 0 Å². The standard InChI is InChI=1S/C21H30N2O4/c1-12(2)16(19(25)27-20(3,4)5)23-17-14-10-13(11-22)8-9-15(14)26-21(6,7)18(17)24/h8-10,12,16-18,23-24H,1-7H3/t16-,17-,18+/m0/s1. The molecule has 1 aliphatic heterocycles. The highest BCUT2D eigenvalue weighted by atomic mass is 16.6. The number of nitriles is 1. The first-order chi connectivity index (χ1) is 12.4. The molecule has 0 unspecified atom stereocenters. The first-order valence-electron chi connectivity index (χ1n) is 9.26. The zero-order valence-electron chi connectivity index (χ0n) is 17.2. The topological polar surface area (TPSA) is 91.6 Å². The highest BCUT2D eigenvalue weighted by Crippen LogP contribution is 2.40. The first kappa shape index (κ1) is 21.2. The fourth-order valence-electron chi connectivity index (χ4n) is 3.14. The number of ether oxygens (including phenoxy) is 2. The summed E-state index contributed by atoms with van der Waals surface area (Å²) in [5.74, 6) is 0.168. The molecular weight excluding hydrogens is 344 g/mol. The highest BCUT2D eigenvalue weighted by molar-refractivity contribution is 5.76. The second kappa shape index (κ2) is 7.49. The molecular formula is C21H30N2O4. The minimum Gasteiger partial charge on any atom is -0.485 e. The molecule has 27 heavy (non-hydrogen) atoms. The summed E-state index contributed by atoms with van der Waals surface area (Å²) in [6.45, 7) is 12.9. The van der Waals surface area contributed by atoms with Crippen molar-refractivity contribution in [3.63, 3.8) is 0 Å². The molecule has 0 aromatic heterocycles. The van der Waals surface area contributed by atoms with Gasteiger partial charge in [-0.05, 0) is 58.7 Å². The maximum atomic E-state index is 12.7. The Morgan fingerprint density at radius 2 is 2.00 bits per heavy atom. The molecule has 0 aliphatic carbocycles. The maximum absolute atomic E-state index is 12.7. The predicted octanol–water partition coefficient (Wildman–Crippen LogP) is 3.09. The number of aliphatic hydroxyl groups is 1. The molecule has 1 heterocycles. The van der Waals surface area contributed by atoms with Crippen LogP contribution in [0.5, 0.6) is 5.75 Å². The lowest BCUT2D eigenvalue weighted by Crippen LogP contribution is -2.56. The molecule has 0 spiro atoms. The fourth-order valence-corrected chi connectivity index (χ4v) is 3.14. The third-order valence-electron chi connectivity index (χ3n) is 4.56. The minimum absolute atomic E-state index is 0.0550. The van der Waals surface area contributed by atoms with Crippen LogP contribution < -0.4 is 10.1 Å². The number of nitrogens with one attached hydrogen (secondary N) is 1. The van der Waals surface area contributed by atoms with Crippen molar-refractivity contribution in [3.8, 4) is 11.8 Å². The molecule has 0 amide bonds. The number of hydrogen-bond acceptors (Lipinski definition) is 6. The van der Waals surface area contributed by atoms with Gasteiger partial charge in [-0.2, -0.15) is 5.26 Å². The van der Waals surface area contributed by atoms with E-state index in [0.29, 0.717) is 16.9 Å². The third-order valence-corrected chi connectivity index (χ3v) is 4.56. The number of benzene rings is 1. The normalized spacial score (nSPS) is 22.4. The summed E-state index contributed by atoms with van der Waals surface area (Å²) in [4.78, 5) is 12.7. The van der Waals surface area contributed by atoms with Gasteiger partial charge in [0.1, 0.15) is 29.1 Å². The number of carbonyl (C=O) groups is 1. The van der Waals surface area contributed by atoms with E-state index in [2.05, 4.69) is 11.4 Å². The van der Waals surface area contributed by atoms with Gasteiger partial charge in [0, 0.05) is 5.56 Å². The van der Waals surface area contributed by atoms with Crippen molar-refractivity contribution in [2.45, 2.75) is 77.9 Å². The minimum atomic E-state index is -0.914. The zero-order valence-corrected chi connectivity index (χ0v) is 17.2. The summed E-state index contributed by atoms with van der Waals surface area (Å²) < 4.78 is 11.5. The van der Waals surface area contributed by atoms with Crippen LogP contribution in [0.15, 0.2) is 18.2 Å². The largest absolute Gasteiger partial charge is 0.485 e. The van der Waals surface area contributed by atoms with Crippen LogP contribution in [0.4, 0.5) is 0 Å². The van der Waals surface area contributed by atoms with Crippen LogP contribution in [0.1, 0.15) is 65.6 Å². The van der Waals surface area contributed by atoms with Crippen LogP contribution in [-0.4, -0.2) is 34.4 Å².